The van der Waals surface area contributed by atoms with Crippen molar-refractivity contribution in [1.82, 2.24) is 9.78 Å². The first-order valence-corrected chi connectivity index (χ1v) is 5.92. The van der Waals surface area contributed by atoms with Crippen LogP contribution in [0.15, 0.2) is 24.5 Å². The number of hydrogen-bond donors (Lipinski definition) is 1. The van der Waals surface area contributed by atoms with Gasteiger partial charge in [0, 0.05) is 18.8 Å². The first-order valence-electron chi connectivity index (χ1n) is 5.92. The number of hydrogen-bond acceptors (Lipinski definition) is 3. The van der Waals surface area contributed by atoms with Crippen LogP contribution >= 0.6 is 0 Å². The minimum atomic E-state index is -0.150. The minimum Gasteiger partial charge on any atom is -0.496 e. The molecule has 4 nitrogen and oxygen atoms in total. The minimum absolute atomic E-state index is 0.150. The molecule has 96 valence electrons. The predicted octanol–water partition coefficient (Wildman–Crippen LogP) is 2.09. The summed E-state index contributed by atoms with van der Waals surface area (Å²) in [5.41, 5.74) is 10.7. The van der Waals surface area contributed by atoms with E-state index in [0.717, 1.165) is 28.0 Å². The van der Waals surface area contributed by atoms with Gasteiger partial charge in [-0.3, -0.25) is 4.68 Å². The Bertz CT molecular complexity index is 560. The topological polar surface area (TPSA) is 53.1 Å². The van der Waals surface area contributed by atoms with Crippen molar-refractivity contribution in [3.05, 3.63) is 46.8 Å². The van der Waals surface area contributed by atoms with Gasteiger partial charge in [0.05, 0.1) is 19.3 Å². The molecule has 1 atom stereocenters. The standard InChI is InChI=1S/C14H19N3O/c1-9-6-13(18-4)10(2)5-12(9)14(15)11-7-16-17(3)8-11/h5-8,14H,15H2,1-4H3. The molecule has 0 aliphatic rings. The molecule has 0 bridgehead atoms. The van der Waals surface area contributed by atoms with E-state index in [-0.39, 0.29) is 6.04 Å². The number of nitrogens with zero attached hydrogens (tertiary/aromatic N) is 2. The fourth-order valence-electron chi connectivity index (χ4n) is 2.15. The number of aryl methyl sites for hydroxylation is 3. The van der Waals surface area contributed by atoms with Gasteiger partial charge in [-0.2, -0.15) is 5.10 Å². The number of nitrogens with two attached hydrogens (primary N) is 1. The fraction of sp³-hybridized carbons (Fsp3) is 0.357. The average Bonchev–Trinajstić information content (AvgIpc) is 2.77. The summed E-state index contributed by atoms with van der Waals surface area (Å²) in [6, 6.07) is 3.97. The van der Waals surface area contributed by atoms with Crippen LogP contribution in [-0.4, -0.2) is 16.9 Å². The zero-order valence-corrected chi connectivity index (χ0v) is 11.3. The van der Waals surface area contributed by atoms with Gasteiger partial charge in [0.25, 0.3) is 0 Å². The lowest BCUT2D eigenvalue weighted by Crippen LogP contribution is -2.13. The van der Waals surface area contributed by atoms with E-state index >= 15 is 0 Å². The molecule has 0 fully saturated rings. The maximum Gasteiger partial charge on any atom is 0.122 e. The van der Waals surface area contributed by atoms with Crippen molar-refractivity contribution < 1.29 is 4.74 Å². The largest absolute Gasteiger partial charge is 0.496 e. The molecule has 1 unspecified atom stereocenters. The van der Waals surface area contributed by atoms with Crippen LogP contribution in [0.2, 0.25) is 0 Å². The summed E-state index contributed by atoms with van der Waals surface area (Å²) in [7, 11) is 3.57. The second-order valence-corrected chi connectivity index (χ2v) is 4.60. The molecule has 0 radical (unpaired) electrons. The van der Waals surface area contributed by atoms with Crippen molar-refractivity contribution in [1.29, 1.82) is 0 Å². The van der Waals surface area contributed by atoms with Crippen LogP contribution in [0.1, 0.15) is 28.3 Å². The van der Waals surface area contributed by atoms with Gasteiger partial charge in [0.1, 0.15) is 5.75 Å². The predicted molar refractivity (Wildman–Crippen MR) is 71.7 cm³/mol. The average molecular weight is 245 g/mol. The van der Waals surface area contributed by atoms with Crippen LogP contribution in [0.25, 0.3) is 0 Å². The number of ether oxygens (including phenoxy) is 1. The second kappa shape index (κ2) is 4.82. The lowest BCUT2D eigenvalue weighted by Gasteiger charge is -2.16. The summed E-state index contributed by atoms with van der Waals surface area (Å²) >= 11 is 0. The molecule has 4 heteroatoms. The van der Waals surface area contributed by atoms with Crippen LogP contribution in [0.3, 0.4) is 0 Å². The molecular weight excluding hydrogens is 226 g/mol. The Balaban J connectivity index is 2.42. The van der Waals surface area contributed by atoms with Crippen LogP contribution in [0, 0.1) is 13.8 Å². The van der Waals surface area contributed by atoms with Crippen LogP contribution in [0.5, 0.6) is 5.75 Å². The fourth-order valence-corrected chi connectivity index (χ4v) is 2.15. The smallest absolute Gasteiger partial charge is 0.122 e. The molecule has 2 rings (SSSR count). The molecule has 2 N–H and O–H groups in total. The van der Waals surface area contributed by atoms with Gasteiger partial charge in [0.15, 0.2) is 0 Å². The molecule has 18 heavy (non-hydrogen) atoms. The molecule has 1 aromatic heterocycles. The number of aromatic nitrogens is 2. The SMILES string of the molecule is COc1cc(C)c(C(N)c2cnn(C)c2)cc1C. The Morgan fingerprint density at radius 3 is 2.56 bits per heavy atom. The maximum atomic E-state index is 6.30. The molecule has 0 aliphatic carbocycles. The summed E-state index contributed by atoms with van der Waals surface area (Å²) in [6.45, 7) is 4.07. The highest BCUT2D eigenvalue weighted by Gasteiger charge is 2.15. The van der Waals surface area contributed by atoms with Gasteiger partial charge in [-0.25, -0.2) is 0 Å². The monoisotopic (exact) mass is 245 g/mol. The lowest BCUT2D eigenvalue weighted by molar-refractivity contribution is 0.411. The van der Waals surface area contributed by atoms with Crippen LogP contribution in [-0.2, 0) is 7.05 Å². The van der Waals surface area contributed by atoms with E-state index < -0.39 is 0 Å². The first-order chi connectivity index (χ1) is 8.52. The molecule has 0 saturated carbocycles. The number of benzene rings is 1. The second-order valence-electron chi connectivity index (χ2n) is 4.60. The number of methoxy groups -OCH3 is 1. The van der Waals surface area contributed by atoms with Gasteiger partial charge >= 0.3 is 0 Å². The Labute approximate surface area is 107 Å². The van der Waals surface area contributed by atoms with Crippen molar-refractivity contribution in [2.75, 3.05) is 7.11 Å². The molecule has 1 aromatic carbocycles. The van der Waals surface area contributed by atoms with Crippen LogP contribution in [0.4, 0.5) is 0 Å². The first kappa shape index (κ1) is 12.6. The Morgan fingerprint density at radius 2 is 2.00 bits per heavy atom. The highest BCUT2D eigenvalue weighted by atomic mass is 16.5. The third-order valence-corrected chi connectivity index (χ3v) is 3.20. The Morgan fingerprint density at radius 1 is 1.28 bits per heavy atom. The molecule has 0 spiro atoms. The quantitative estimate of drug-likeness (QED) is 0.901. The molecule has 0 aliphatic heterocycles. The van der Waals surface area contributed by atoms with Crippen molar-refractivity contribution in [3.63, 3.8) is 0 Å². The highest BCUT2D eigenvalue weighted by Crippen LogP contribution is 2.28. The van der Waals surface area contributed by atoms with Gasteiger partial charge < -0.3 is 10.5 Å². The van der Waals surface area contributed by atoms with E-state index in [4.69, 9.17) is 10.5 Å². The van der Waals surface area contributed by atoms with Crippen LogP contribution < -0.4 is 10.5 Å². The van der Waals surface area contributed by atoms with Gasteiger partial charge in [0.2, 0.25) is 0 Å². The lowest BCUT2D eigenvalue weighted by atomic mass is 9.95. The Hall–Kier alpha value is -1.81. The maximum absolute atomic E-state index is 6.30. The summed E-state index contributed by atoms with van der Waals surface area (Å²) in [6.07, 6.45) is 3.76. The third kappa shape index (κ3) is 2.24. The zero-order chi connectivity index (χ0) is 13.3. The summed E-state index contributed by atoms with van der Waals surface area (Å²) < 4.78 is 7.08. The molecule has 2 aromatic rings. The normalized spacial score (nSPS) is 12.5. The molecule has 1 heterocycles. The van der Waals surface area contributed by atoms with Crippen molar-refractivity contribution in [2.45, 2.75) is 19.9 Å². The van der Waals surface area contributed by atoms with E-state index in [1.165, 1.54) is 0 Å². The van der Waals surface area contributed by atoms with Gasteiger partial charge in [-0.05, 0) is 36.6 Å². The zero-order valence-electron chi connectivity index (χ0n) is 11.3. The van der Waals surface area contributed by atoms with E-state index in [2.05, 4.69) is 11.2 Å². The summed E-state index contributed by atoms with van der Waals surface area (Å²) in [5.74, 6) is 0.898. The third-order valence-electron chi connectivity index (χ3n) is 3.20. The van der Waals surface area contributed by atoms with Crippen molar-refractivity contribution in [3.8, 4) is 5.75 Å². The van der Waals surface area contributed by atoms with Crippen molar-refractivity contribution >= 4 is 0 Å². The van der Waals surface area contributed by atoms with E-state index in [1.807, 2.05) is 39.4 Å². The van der Waals surface area contributed by atoms with Gasteiger partial charge in [-0.1, -0.05) is 6.07 Å². The van der Waals surface area contributed by atoms with E-state index in [0.29, 0.717) is 0 Å². The summed E-state index contributed by atoms with van der Waals surface area (Å²) in [4.78, 5) is 0. The van der Waals surface area contributed by atoms with Gasteiger partial charge in [-0.15, -0.1) is 0 Å². The highest BCUT2D eigenvalue weighted by molar-refractivity contribution is 5.45. The van der Waals surface area contributed by atoms with E-state index in [1.54, 1.807) is 11.8 Å². The number of rotatable bonds is 3. The molecule has 0 amide bonds. The van der Waals surface area contributed by atoms with Crippen molar-refractivity contribution in [2.24, 2.45) is 12.8 Å². The molecular formula is C14H19N3O. The van der Waals surface area contributed by atoms with E-state index in [9.17, 15) is 0 Å². The Kier molecular flexibility index (Phi) is 3.39. The summed E-state index contributed by atoms with van der Waals surface area (Å²) in [5, 5.41) is 4.16. The molecule has 0 saturated heterocycles.